The number of esters is 3. The molecule has 0 N–H and O–H groups in total. The van der Waals surface area contributed by atoms with Crippen LogP contribution in [0.5, 0.6) is 17.2 Å². The highest BCUT2D eigenvalue weighted by atomic mass is 16.6. The monoisotopic (exact) mass is 424 g/mol. The smallest absolute Gasteiger partial charge is 0.317 e. The lowest BCUT2D eigenvalue weighted by Gasteiger charge is -2.19. The molecule has 0 fully saturated rings. The number of hydrogen-bond acceptors (Lipinski definition) is 7. The van der Waals surface area contributed by atoms with E-state index in [1.807, 2.05) is 32.1 Å². The Bertz CT molecular complexity index is 1070. The first kappa shape index (κ1) is 22.1. The molecule has 0 radical (unpaired) electrons. The van der Waals surface area contributed by atoms with Crippen LogP contribution < -0.4 is 14.2 Å². The summed E-state index contributed by atoms with van der Waals surface area (Å²) >= 11 is 0. The van der Waals surface area contributed by atoms with Crippen molar-refractivity contribution >= 4 is 24.0 Å². The minimum atomic E-state index is -0.799. The molecule has 31 heavy (non-hydrogen) atoms. The minimum Gasteiger partial charge on any atom is -0.480 e. The maximum atomic E-state index is 12.8. The number of ether oxygens (including phenoxy) is 4. The Morgan fingerprint density at radius 3 is 2.29 bits per heavy atom. The number of methoxy groups -OCH3 is 1. The molecule has 0 aliphatic carbocycles. The summed E-state index contributed by atoms with van der Waals surface area (Å²) < 4.78 is 21.9. The van der Waals surface area contributed by atoms with E-state index in [2.05, 4.69) is 0 Å². The Balaban J connectivity index is 2.15. The predicted octanol–water partition coefficient (Wildman–Crippen LogP) is 4.27. The van der Waals surface area contributed by atoms with Gasteiger partial charge < -0.3 is 18.9 Å². The summed E-state index contributed by atoms with van der Waals surface area (Å²) in [5.74, 6) is -1.34. The summed E-state index contributed by atoms with van der Waals surface area (Å²) in [4.78, 5) is 35.9. The van der Waals surface area contributed by atoms with Crippen LogP contribution in [-0.4, -0.2) is 25.0 Å². The Kier molecular flexibility index (Phi) is 6.44. The Labute approximate surface area is 180 Å². The van der Waals surface area contributed by atoms with Gasteiger partial charge in [-0.2, -0.15) is 0 Å². The van der Waals surface area contributed by atoms with Gasteiger partial charge in [-0.05, 0) is 48.7 Å². The number of carbonyl (C=O) groups excluding carboxylic acids is 3. The predicted molar refractivity (Wildman–Crippen MR) is 113 cm³/mol. The number of allylic oxidation sites excluding steroid dienone is 1. The highest BCUT2D eigenvalue weighted by Gasteiger charge is 2.43. The minimum absolute atomic E-state index is 0.224. The molecule has 162 valence electrons. The van der Waals surface area contributed by atoms with Gasteiger partial charge in [0.1, 0.15) is 17.8 Å². The van der Waals surface area contributed by atoms with Gasteiger partial charge in [0, 0.05) is 19.4 Å². The molecule has 7 nitrogen and oxygen atoms in total. The van der Waals surface area contributed by atoms with Crippen molar-refractivity contribution in [3.05, 3.63) is 58.7 Å². The van der Waals surface area contributed by atoms with Gasteiger partial charge in [-0.25, -0.2) is 0 Å². The summed E-state index contributed by atoms with van der Waals surface area (Å²) in [5, 5.41) is 0. The van der Waals surface area contributed by atoms with Crippen molar-refractivity contribution in [2.75, 3.05) is 7.11 Å². The summed E-state index contributed by atoms with van der Waals surface area (Å²) in [6.45, 7) is 6.29. The summed E-state index contributed by atoms with van der Waals surface area (Å²) in [6.07, 6.45) is 2.91. The molecule has 7 heteroatoms. The van der Waals surface area contributed by atoms with Crippen LogP contribution in [0.4, 0.5) is 0 Å². The van der Waals surface area contributed by atoms with Crippen LogP contribution in [0.15, 0.2) is 36.4 Å². The van der Waals surface area contributed by atoms with Crippen LogP contribution in [0.3, 0.4) is 0 Å². The molecule has 2 aromatic rings. The highest BCUT2D eigenvalue weighted by Crippen LogP contribution is 2.52. The Morgan fingerprint density at radius 2 is 1.68 bits per heavy atom. The van der Waals surface area contributed by atoms with E-state index in [1.54, 1.807) is 24.3 Å². The largest absolute Gasteiger partial charge is 0.480 e. The molecular formula is C24H24O7. The third-order valence-electron chi connectivity index (χ3n) is 4.85. The molecule has 1 aliphatic heterocycles. The van der Waals surface area contributed by atoms with Crippen LogP contribution in [0.1, 0.15) is 55.0 Å². The molecule has 0 saturated heterocycles. The van der Waals surface area contributed by atoms with E-state index in [0.717, 1.165) is 11.1 Å². The van der Waals surface area contributed by atoms with Gasteiger partial charge in [-0.3, -0.25) is 14.4 Å². The zero-order valence-electron chi connectivity index (χ0n) is 18.1. The fraction of sp³-hybridized carbons (Fsp3) is 0.292. The second-order valence-electron chi connectivity index (χ2n) is 7.19. The average Bonchev–Trinajstić information content (AvgIpc) is 3.08. The van der Waals surface area contributed by atoms with E-state index in [9.17, 15) is 14.4 Å². The standard InChI is InChI=1S/C24H24O7/c1-6-7-16-10-18-21(24(27)28-5)22(31-23(18)20(11-16)30-15(4)26)17-9-8-13(2)19(12-17)29-14(3)25/h6-12,21-22H,1-5H3/b7-6+/t21-,22+/m0/s1. The molecule has 1 heterocycles. The van der Waals surface area contributed by atoms with Crippen LogP contribution in [0, 0.1) is 6.92 Å². The van der Waals surface area contributed by atoms with Crippen LogP contribution >= 0.6 is 0 Å². The lowest BCUT2D eigenvalue weighted by molar-refractivity contribution is -0.144. The lowest BCUT2D eigenvalue weighted by atomic mass is 9.89. The number of rotatable bonds is 5. The van der Waals surface area contributed by atoms with Gasteiger partial charge in [0.25, 0.3) is 0 Å². The number of benzene rings is 2. The molecule has 0 amide bonds. The maximum absolute atomic E-state index is 12.8. The molecule has 2 atom stereocenters. The van der Waals surface area contributed by atoms with E-state index in [1.165, 1.54) is 21.0 Å². The molecule has 1 aliphatic rings. The molecule has 0 aromatic heterocycles. The van der Waals surface area contributed by atoms with Crippen molar-refractivity contribution in [1.82, 2.24) is 0 Å². The quantitative estimate of drug-likeness (QED) is 0.523. The number of aryl methyl sites for hydroxylation is 1. The van der Waals surface area contributed by atoms with Crippen molar-refractivity contribution < 1.29 is 33.3 Å². The van der Waals surface area contributed by atoms with Crippen LogP contribution in [0.2, 0.25) is 0 Å². The van der Waals surface area contributed by atoms with E-state index in [4.69, 9.17) is 18.9 Å². The number of hydrogen-bond donors (Lipinski definition) is 0. The Hall–Kier alpha value is -3.61. The number of carbonyl (C=O) groups is 3. The van der Waals surface area contributed by atoms with Gasteiger partial charge in [0.05, 0.1) is 7.11 Å². The highest BCUT2D eigenvalue weighted by molar-refractivity contribution is 5.84. The fourth-order valence-corrected chi connectivity index (χ4v) is 3.58. The third-order valence-corrected chi connectivity index (χ3v) is 4.85. The molecule has 0 unspecified atom stereocenters. The number of fused-ring (bicyclic) bond motifs is 1. The van der Waals surface area contributed by atoms with Gasteiger partial charge in [-0.1, -0.05) is 24.3 Å². The third kappa shape index (κ3) is 4.60. The normalized spacial score (nSPS) is 17.1. The summed E-state index contributed by atoms with van der Waals surface area (Å²) in [7, 11) is 1.31. The first-order valence-corrected chi connectivity index (χ1v) is 9.77. The molecular weight excluding hydrogens is 400 g/mol. The molecule has 0 saturated carbocycles. The second kappa shape index (κ2) is 9.04. The van der Waals surface area contributed by atoms with Gasteiger partial charge in [-0.15, -0.1) is 0 Å². The topological polar surface area (TPSA) is 88.1 Å². The molecule has 3 rings (SSSR count). The van der Waals surface area contributed by atoms with E-state index < -0.39 is 29.9 Å². The fourth-order valence-electron chi connectivity index (χ4n) is 3.58. The van der Waals surface area contributed by atoms with Crippen molar-refractivity contribution in [2.24, 2.45) is 0 Å². The van der Waals surface area contributed by atoms with E-state index in [0.29, 0.717) is 22.6 Å². The van der Waals surface area contributed by atoms with Gasteiger partial charge in [0.2, 0.25) is 0 Å². The maximum Gasteiger partial charge on any atom is 0.317 e. The molecule has 0 spiro atoms. The van der Waals surface area contributed by atoms with Gasteiger partial charge in [0.15, 0.2) is 11.5 Å². The van der Waals surface area contributed by atoms with Crippen molar-refractivity contribution in [3.8, 4) is 17.2 Å². The molecule has 0 bridgehead atoms. The van der Waals surface area contributed by atoms with E-state index >= 15 is 0 Å². The first-order valence-electron chi connectivity index (χ1n) is 9.77. The molecule has 2 aromatic carbocycles. The van der Waals surface area contributed by atoms with Crippen molar-refractivity contribution in [3.63, 3.8) is 0 Å². The van der Waals surface area contributed by atoms with Gasteiger partial charge >= 0.3 is 17.9 Å². The lowest BCUT2D eigenvalue weighted by Crippen LogP contribution is -2.20. The SMILES string of the molecule is C/C=C/c1cc(OC(C)=O)c2c(c1)[C@H](C(=O)OC)[C@@H](c1ccc(C)c(OC(C)=O)c1)O2. The first-order chi connectivity index (χ1) is 14.7. The summed E-state index contributed by atoms with van der Waals surface area (Å²) in [5.41, 5.74) is 2.69. The van der Waals surface area contributed by atoms with Crippen molar-refractivity contribution in [2.45, 2.75) is 39.7 Å². The van der Waals surface area contributed by atoms with Crippen molar-refractivity contribution in [1.29, 1.82) is 0 Å². The average molecular weight is 424 g/mol. The summed E-state index contributed by atoms with van der Waals surface area (Å²) in [6, 6.07) is 8.74. The van der Waals surface area contributed by atoms with E-state index in [-0.39, 0.29) is 5.75 Å². The zero-order chi connectivity index (χ0) is 22.7. The van der Waals surface area contributed by atoms with Crippen LogP contribution in [0.25, 0.3) is 6.08 Å². The zero-order valence-corrected chi connectivity index (χ0v) is 18.1. The van der Waals surface area contributed by atoms with Crippen LogP contribution in [-0.2, 0) is 19.1 Å². The Morgan fingerprint density at radius 1 is 1.00 bits per heavy atom. The second-order valence-corrected chi connectivity index (χ2v) is 7.19.